The average molecular weight is 470 g/mol. The second-order valence-electron chi connectivity index (χ2n) is 7.22. The van der Waals surface area contributed by atoms with E-state index in [9.17, 15) is 18.0 Å². The van der Waals surface area contributed by atoms with Crippen molar-refractivity contribution < 1.29 is 27.5 Å². The van der Waals surface area contributed by atoms with Gasteiger partial charge >= 0.3 is 5.97 Å². The first kappa shape index (κ1) is 21.1. The lowest BCUT2D eigenvalue weighted by Crippen LogP contribution is -2.32. The molecule has 2 aliphatic heterocycles. The minimum Gasteiger partial charge on any atom is -0.492 e. The standard InChI is InChI=1S/C20H20ClNO6S2/c1-2-27-20(24)17-14-5-6-30(25,26)10-16(14)29-19(17)22-18(23)12-7-11-8-13(21)3-4-15(11)28-9-12/h3-4,8,12H,2,5-7,9-10H2,1H3,(H,22,23). The molecule has 0 bridgehead atoms. The van der Waals surface area contributed by atoms with Gasteiger partial charge in [0.25, 0.3) is 0 Å². The zero-order valence-corrected chi connectivity index (χ0v) is 18.6. The lowest BCUT2D eigenvalue weighted by Gasteiger charge is -2.24. The van der Waals surface area contributed by atoms with E-state index in [1.54, 1.807) is 25.1 Å². The number of carbonyl (C=O) groups excluding carboxylic acids is 2. The summed E-state index contributed by atoms with van der Waals surface area (Å²) >= 11 is 7.17. The average Bonchev–Trinajstić information content (AvgIpc) is 3.03. The van der Waals surface area contributed by atoms with E-state index in [0.717, 1.165) is 16.9 Å². The minimum absolute atomic E-state index is 0.0233. The van der Waals surface area contributed by atoms with Crippen LogP contribution in [0.15, 0.2) is 18.2 Å². The summed E-state index contributed by atoms with van der Waals surface area (Å²) in [7, 11) is -3.21. The van der Waals surface area contributed by atoms with Crippen LogP contribution in [0.1, 0.15) is 33.3 Å². The fourth-order valence-electron chi connectivity index (χ4n) is 3.68. The van der Waals surface area contributed by atoms with Crippen LogP contribution in [0.2, 0.25) is 5.02 Å². The van der Waals surface area contributed by atoms with Gasteiger partial charge in [-0.3, -0.25) is 4.79 Å². The Bertz CT molecular complexity index is 1120. The summed E-state index contributed by atoms with van der Waals surface area (Å²) in [5, 5.41) is 3.72. The number of esters is 1. The fraction of sp³-hybridized carbons (Fsp3) is 0.400. The molecular formula is C20H20ClNO6S2. The Balaban J connectivity index is 1.60. The first-order valence-corrected chi connectivity index (χ1v) is 12.5. The highest BCUT2D eigenvalue weighted by atomic mass is 35.5. The zero-order valence-electron chi connectivity index (χ0n) is 16.2. The summed E-state index contributed by atoms with van der Waals surface area (Å²) < 4.78 is 34.9. The summed E-state index contributed by atoms with van der Waals surface area (Å²) in [6.45, 7) is 2.08. The monoisotopic (exact) mass is 469 g/mol. The van der Waals surface area contributed by atoms with E-state index in [4.69, 9.17) is 21.1 Å². The van der Waals surface area contributed by atoms with Gasteiger partial charge in [0.1, 0.15) is 17.4 Å². The Labute approximate surface area is 183 Å². The number of thiophene rings is 1. The highest BCUT2D eigenvalue weighted by molar-refractivity contribution is 7.90. The van der Waals surface area contributed by atoms with E-state index in [0.29, 0.717) is 32.6 Å². The predicted molar refractivity (Wildman–Crippen MR) is 114 cm³/mol. The van der Waals surface area contributed by atoms with Crippen LogP contribution in [0.4, 0.5) is 5.00 Å². The molecule has 1 unspecified atom stereocenters. The van der Waals surface area contributed by atoms with E-state index in [1.165, 1.54) is 0 Å². The van der Waals surface area contributed by atoms with Gasteiger partial charge < -0.3 is 14.8 Å². The van der Waals surface area contributed by atoms with Gasteiger partial charge in [0.15, 0.2) is 9.84 Å². The van der Waals surface area contributed by atoms with Gasteiger partial charge in [-0.05, 0) is 49.1 Å². The third-order valence-corrected chi connectivity index (χ3v) is 8.24. The van der Waals surface area contributed by atoms with E-state index < -0.39 is 21.7 Å². The predicted octanol–water partition coefficient (Wildman–Crippen LogP) is 3.24. The molecule has 3 heterocycles. The van der Waals surface area contributed by atoms with Crippen LogP contribution in [0.3, 0.4) is 0 Å². The van der Waals surface area contributed by atoms with Crippen molar-refractivity contribution in [1.82, 2.24) is 0 Å². The normalized spacial score (nSPS) is 19.2. The number of fused-ring (bicyclic) bond motifs is 2. The number of anilines is 1. The number of ether oxygens (including phenoxy) is 2. The Morgan fingerprint density at radius 2 is 2.17 bits per heavy atom. The number of halogens is 1. The largest absolute Gasteiger partial charge is 0.492 e. The van der Waals surface area contributed by atoms with Gasteiger partial charge in [-0.2, -0.15) is 0 Å². The number of sulfone groups is 1. The van der Waals surface area contributed by atoms with E-state index in [1.807, 2.05) is 0 Å². The molecule has 1 aromatic heterocycles. The highest BCUT2D eigenvalue weighted by Gasteiger charge is 2.33. The van der Waals surface area contributed by atoms with Gasteiger partial charge in [0, 0.05) is 9.90 Å². The van der Waals surface area contributed by atoms with Gasteiger partial charge in [-0.1, -0.05) is 11.6 Å². The summed E-state index contributed by atoms with van der Waals surface area (Å²) in [4.78, 5) is 26.1. The number of rotatable bonds is 4. The van der Waals surface area contributed by atoms with Crippen LogP contribution in [0.5, 0.6) is 5.75 Å². The molecule has 0 aliphatic carbocycles. The Kier molecular flexibility index (Phi) is 5.78. The summed E-state index contributed by atoms with van der Waals surface area (Å²) in [6.07, 6.45) is 0.687. The van der Waals surface area contributed by atoms with Crippen molar-refractivity contribution >= 4 is 49.7 Å². The maximum Gasteiger partial charge on any atom is 0.341 e. The maximum absolute atomic E-state index is 12.9. The maximum atomic E-state index is 12.9. The number of benzene rings is 1. The van der Waals surface area contributed by atoms with Crippen LogP contribution in [0, 0.1) is 5.92 Å². The topological polar surface area (TPSA) is 98.8 Å². The molecule has 2 aliphatic rings. The van der Waals surface area contributed by atoms with Crippen molar-refractivity contribution in [3.8, 4) is 5.75 Å². The van der Waals surface area contributed by atoms with Crippen molar-refractivity contribution in [2.75, 3.05) is 24.3 Å². The molecule has 0 fully saturated rings. The molecule has 2 aromatic rings. The van der Waals surface area contributed by atoms with Crippen LogP contribution >= 0.6 is 22.9 Å². The highest BCUT2D eigenvalue weighted by Crippen LogP contribution is 2.39. The zero-order chi connectivity index (χ0) is 21.5. The van der Waals surface area contributed by atoms with Crippen molar-refractivity contribution in [3.05, 3.63) is 44.8 Å². The van der Waals surface area contributed by atoms with Gasteiger partial charge in [0.05, 0.1) is 29.6 Å². The molecular weight excluding hydrogens is 450 g/mol. The molecule has 10 heteroatoms. The van der Waals surface area contributed by atoms with E-state index in [2.05, 4.69) is 5.32 Å². The third kappa shape index (κ3) is 4.19. The van der Waals surface area contributed by atoms with Gasteiger partial charge in [-0.15, -0.1) is 11.3 Å². The van der Waals surface area contributed by atoms with Gasteiger partial charge in [0.2, 0.25) is 5.91 Å². The third-order valence-electron chi connectivity index (χ3n) is 5.12. The molecule has 0 radical (unpaired) electrons. The molecule has 0 spiro atoms. The number of hydrogen-bond donors (Lipinski definition) is 1. The van der Waals surface area contributed by atoms with Crippen LogP contribution < -0.4 is 10.1 Å². The number of nitrogens with one attached hydrogen (secondary N) is 1. The van der Waals surface area contributed by atoms with Crippen molar-refractivity contribution in [3.63, 3.8) is 0 Å². The molecule has 1 atom stereocenters. The SMILES string of the molecule is CCOC(=O)c1c(NC(=O)C2COc3ccc(Cl)cc3C2)sc2c1CCS(=O)(=O)C2. The van der Waals surface area contributed by atoms with Crippen LogP contribution in [0.25, 0.3) is 0 Å². The molecule has 0 saturated heterocycles. The molecule has 0 saturated carbocycles. The Morgan fingerprint density at radius 1 is 1.37 bits per heavy atom. The van der Waals surface area contributed by atoms with Crippen molar-refractivity contribution in [1.29, 1.82) is 0 Å². The summed E-state index contributed by atoms with van der Waals surface area (Å²) in [5.74, 6) is -0.770. The fourth-order valence-corrected chi connectivity index (χ4v) is 6.91. The second kappa shape index (κ2) is 8.20. The molecule has 30 heavy (non-hydrogen) atoms. The summed E-state index contributed by atoms with van der Waals surface area (Å²) in [6, 6.07) is 5.28. The smallest absolute Gasteiger partial charge is 0.341 e. The minimum atomic E-state index is -3.21. The quantitative estimate of drug-likeness (QED) is 0.690. The Morgan fingerprint density at radius 3 is 2.93 bits per heavy atom. The molecule has 7 nitrogen and oxygen atoms in total. The lowest BCUT2D eigenvalue weighted by atomic mass is 9.96. The van der Waals surface area contributed by atoms with Crippen molar-refractivity contribution in [2.45, 2.75) is 25.5 Å². The van der Waals surface area contributed by atoms with Crippen molar-refractivity contribution in [2.24, 2.45) is 5.92 Å². The molecule has 1 amide bonds. The molecule has 1 aromatic carbocycles. The second-order valence-corrected chi connectivity index (χ2v) is 10.9. The molecule has 4 rings (SSSR count). The Hall–Kier alpha value is -2.10. The van der Waals surface area contributed by atoms with Crippen LogP contribution in [-0.2, 0) is 38.0 Å². The number of amides is 1. The molecule has 1 N–H and O–H groups in total. The van der Waals surface area contributed by atoms with Gasteiger partial charge in [-0.25, -0.2) is 13.2 Å². The first-order chi connectivity index (χ1) is 14.3. The first-order valence-electron chi connectivity index (χ1n) is 9.51. The van der Waals surface area contributed by atoms with E-state index in [-0.39, 0.29) is 42.6 Å². The number of carbonyl (C=O) groups is 2. The number of hydrogen-bond acceptors (Lipinski definition) is 7. The lowest BCUT2D eigenvalue weighted by molar-refractivity contribution is -0.121. The molecule has 160 valence electrons. The summed E-state index contributed by atoms with van der Waals surface area (Å²) in [5.41, 5.74) is 1.76. The van der Waals surface area contributed by atoms with E-state index >= 15 is 0 Å². The van der Waals surface area contributed by atoms with Crippen LogP contribution in [-0.4, -0.2) is 39.3 Å².